The molecule has 3 rings (SSSR count). The van der Waals surface area contributed by atoms with E-state index in [1.165, 1.54) is 12.8 Å². The second kappa shape index (κ2) is 3.11. The minimum absolute atomic E-state index is 0.287. The van der Waals surface area contributed by atoms with E-state index < -0.39 is 0 Å². The Balaban J connectivity index is 2.10. The van der Waals surface area contributed by atoms with Crippen LogP contribution in [0.4, 0.5) is 11.4 Å². The van der Waals surface area contributed by atoms with Crippen molar-refractivity contribution >= 4 is 22.3 Å². The van der Waals surface area contributed by atoms with Crippen molar-refractivity contribution in [2.45, 2.75) is 25.3 Å². The third-order valence-corrected chi connectivity index (χ3v) is 3.20. The molecule has 16 heavy (non-hydrogen) atoms. The Kier molecular flexibility index (Phi) is 1.84. The number of nitrogens with zero attached hydrogens (tertiary/aromatic N) is 1. The number of rotatable bonds is 2. The summed E-state index contributed by atoms with van der Waals surface area (Å²) in [5, 5.41) is 4.72. The zero-order valence-electron chi connectivity index (χ0n) is 9.33. The van der Waals surface area contributed by atoms with Gasteiger partial charge in [0.05, 0.1) is 5.52 Å². The Labute approximate surface area is 94.7 Å². The van der Waals surface area contributed by atoms with E-state index in [0.29, 0.717) is 0 Å². The van der Waals surface area contributed by atoms with Gasteiger partial charge in [-0.05, 0) is 44.0 Å². The van der Waals surface area contributed by atoms with Gasteiger partial charge >= 0.3 is 0 Å². The SMILES string of the molecule is CC1(Nc2ccnc3cc(N)ccc23)CC1. The monoisotopic (exact) mass is 213 g/mol. The van der Waals surface area contributed by atoms with E-state index in [1.54, 1.807) is 0 Å². The smallest absolute Gasteiger partial charge is 0.0743 e. The van der Waals surface area contributed by atoms with Gasteiger partial charge in [0.15, 0.2) is 0 Å². The van der Waals surface area contributed by atoms with Crippen LogP contribution in [-0.2, 0) is 0 Å². The van der Waals surface area contributed by atoms with Crippen LogP contribution in [0.1, 0.15) is 19.8 Å². The lowest BCUT2D eigenvalue weighted by Gasteiger charge is -2.15. The van der Waals surface area contributed by atoms with Gasteiger partial charge in [-0.3, -0.25) is 4.98 Å². The van der Waals surface area contributed by atoms with Crippen molar-refractivity contribution in [2.75, 3.05) is 11.1 Å². The molecule has 0 aliphatic heterocycles. The van der Waals surface area contributed by atoms with Gasteiger partial charge < -0.3 is 11.1 Å². The van der Waals surface area contributed by atoms with Crippen LogP contribution >= 0.6 is 0 Å². The van der Waals surface area contributed by atoms with Crippen LogP contribution in [0.3, 0.4) is 0 Å². The molecule has 3 nitrogen and oxygen atoms in total. The molecule has 0 saturated heterocycles. The maximum atomic E-state index is 5.75. The van der Waals surface area contributed by atoms with Crippen molar-refractivity contribution < 1.29 is 0 Å². The quantitative estimate of drug-likeness (QED) is 0.754. The van der Waals surface area contributed by atoms with Gasteiger partial charge in [0, 0.05) is 28.5 Å². The van der Waals surface area contributed by atoms with E-state index in [1.807, 2.05) is 30.5 Å². The summed E-state index contributed by atoms with van der Waals surface area (Å²) in [7, 11) is 0. The molecule has 1 saturated carbocycles. The van der Waals surface area contributed by atoms with Gasteiger partial charge in [-0.15, -0.1) is 0 Å². The molecule has 0 unspecified atom stereocenters. The molecule has 0 amide bonds. The van der Waals surface area contributed by atoms with Crippen molar-refractivity contribution in [1.82, 2.24) is 4.98 Å². The van der Waals surface area contributed by atoms with Gasteiger partial charge in [0.2, 0.25) is 0 Å². The molecule has 1 fully saturated rings. The van der Waals surface area contributed by atoms with Crippen LogP contribution in [-0.4, -0.2) is 10.5 Å². The molecular weight excluding hydrogens is 198 g/mol. The Bertz CT molecular complexity index is 544. The van der Waals surface area contributed by atoms with Crippen LogP contribution in [0.5, 0.6) is 0 Å². The van der Waals surface area contributed by atoms with Crippen LogP contribution < -0.4 is 11.1 Å². The van der Waals surface area contributed by atoms with E-state index in [9.17, 15) is 0 Å². The van der Waals surface area contributed by atoms with Gasteiger partial charge in [-0.25, -0.2) is 0 Å². The second-order valence-corrected chi connectivity index (χ2v) is 4.82. The largest absolute Gasteiger partial charge is 0.399 e. The van der Waals surface area contributed by atoms with E-state index >= 15 is 0 Å². The fourth-order valence-electron chi connectivity index (χ4n) is 1.91. The molecule has 3 N–H and O–H groups in total. The zero-order chi connectivity index (χ0) is 11.2. The highest BCUT2D eigenvalue weighted by Crippen LogP contribution is 2.39. The second-order valence-electron chi connectivity index (χ2n) is 4.82. The summed E-state index contributed by atoms with van der Waals surface area (Å²) in [6.45, 7) is 2.25. The van der Waals surface area contributed by atoms with Gasteiger partial charge in [0.25, 0.3) is 0 Å². The van der Waals surface area contributed by atoms with E-state index in [4.69, 9.17) is 5.73 Å². The standard InChI is InChI=1S/C13H15N3/c1-13(5-6-13)16-11-4-7-15-12-8-9(14)2-3-10(11)12/h2-4,7-8H,5-6,14H2,1H3,(H,15,16). The Morgan fingerprint density at radius 2 is 2.12 bits per heavy atom. The van der Waals surface area contributed by atoms with Crippen molar-refractivity contribution in [3.63, 3.8) is 0 Å². The number of anilines is 2. The maximum Gasteiger partial charge on any atom is 0.0743 e. The molecule has 3 heteroatoms. The molecule has 1 heterocycles. The highest BCUT2D eigenvalue weighted by molar-refractivity contribution is 5.93. The Morgan fingerprint density at radius 3 is 2.88 bits per heavy atom. The minimum Gasteiger partial charge on any atom is -0.399 e. The van der Waals surface area contributed by atoms with Crippen molar-refractivity contribution in [3.05, 3.63) is 30.5 Å². The average Bonchev–Trinajstić information content (AvgIpc) is 2.96. The van der Waals surface area contributed by atoms with Crippen molar-refractivity contribution in [3.8, 4) is 0 Å². The number of benzene rings is 1. The lowest BCUT2D eigenvalue weighted by atomic mass is 10.1. The molecule has 0 bridgehead atoms. The number of hydrogen-bond donors (Lipinski definition) is 2. The summed E-state index contributed by atoms with van der Waals surface area (Å²) < 4.78 is 0. The highest BCUT2D eigenvalue weighted by Gasteiger charge is 2.37. The van der Waals surface area contributed by atoms with Crippen LogP contribution in [0.25, 0.3) is 10.9 Å². The molecule has 1 aliphatic rings. The molecule has 0 atom stereocenters. The van der Waals surface area contributed by atoms with Crippen LogP contribution in [0.15, 0.2) is 30.5 Å². The summed E-state index contributed by atoms with van der Waals surface area (Å²) in [6.07, 6.45) is 4.31. The Morgan fingerprint density at radius 1 is 1.31 bits per heavy atom. The molecule has 0 radical (unpaired) electrons. The third-order valence-electron chi connectivity index (χ3n) is 3.20. The first kappa shape index (κ1) is 9.46. The number of aromatic nitrogens is 1. The number of hydrogen-bond acceptors (Lipinski definition) is 3. The van der Waals surface area contributed by atoms with Gasteiger partial charge in [0.1, 0.15) is 0 Å². The number of pyridine rings is 1. The first-order valence-corrected chi connectivity index (χ1v) is 5.59. The maximum absolute atomic E-state index is 5.75. The summed E-state index contributed by atoms with van der Waals surface area (Å²) in [6, 6.07) is 7.90. The zero-order valence-corrected chi connectivity index (χ0v) is 9.33. The molecule has 82 valence electrons. The number of fused-ring (bicyclic) bond motifs is 1. The van der Waals surface area contributed by atoms with E-state index in [-0.39, 0.29) is 5.54 Å². The normalized spacial score (nSPS) is 17.3. The van der Waals surface area contributed by atoms with Crippen molar-refractivity contribution in [2.24, 2.45) is 0 Å². The fraction of sp³-hybridized carbons (Fsp3) is 0.308. The van der Waals surface area contributed by atoms with Crippen molar-refractivity contribution in [1.29, 1.82) is 0 Å². The van der Waals surface area contributed by atoms with Crippen LogP contribution in [0, 0.1) is 0 Å². The fourth-order valence-corrected chi connectivity index (χ4v) is 1.91. The Hall–Kier alpha value is -1.77. The molecule has 1 aromatic heterocycles. The summed E-state index contributed by atoms with van der Waals surface area (Å²) >= 11 is 0. The predicted molar refractivity (Wildman–Crippen MR) is 67.4 cm³/mol. The van der Waals surface area contributed by atoms with E-state index in [0.717, 1.165) is 22.3 Å². The summed E-state index contributed by atoms with van der Waals surface area (Å²) in [5.74, 6) is 0. The molecule has 0 spiro atoms. The first-order chi connectivity index (χ1) is 7.66. The van der Waals surface area contributed by atoms with E-state index in [2.05, 4.69) is 17.2 Å². The first-order valence-electron chi connectivity index (χ1n) is 5.59. The molecular formula is C13H15N3. The summed E-state index contributed by atoms with van der Waals surface area (Å²) in [5.41, 5.74) is 8.91. The predicted octanol–water partition coefficient (Wildman–Crippen LogP) is 2.78. The lowest BCUT2D eigenvalue weighted by Crippen LogP contribution is -2.16. The molecule has 2 aromatic rings. The summed E-state index contributed by atoms with van der Waals surface area (Å²) in [4.78, 5) is 4.33. The topological polar surface area (TPSA) is 50.9 Å². The highest BCUT2D eigenvalue weighted by atomic mass is 15.0. The number of nitrogens with two attached hydrogens (primary N) is 1. The molecule has 1 aliphatic carbocycles. The van der Waals surface area contributed by atoms with Gasteiger partial charge in [-0.2, -0.15) is 0 Å². The lowest BCUT2D eigenvalue weighted by molar-refractivity contribution is 0.831. The molecule has 1 aromatic carbocycles. The number of nitrogens with one attached hydrogen (secondary N) is 1. The average molecular weight is 213 g/mol. The van der Waals surface area contributed by atoms with Crippen LogP contribution in [0.2, 0.25) is 0 Å². The third kappa shape index (κ3) is 1.58. The minimum atomic E-state index is 0.287. The number of nitrogen functional groups attached to an aromatic ring is 1. The van der Waals surface area contributed by atoms with Gasteiger partial charge in [-0.1, -0.05) is 0 Å².